The molecule has 6 rings (SSSR count). The molecule has 13 heteroatoms. The van der Waals surface area contributed by atoms with E-state index < -0.39 is 16.0 Å². The van der Waals surface area contributed by atoms with E-state index in [9.17, 15) is 13.2 Å². The first-order valence-electron chi connectivity index (χ1n) is 12.9. The van der Waals surface area contributed by atoms with Crippen LogP contribution < -0.4 is 10.1 Å². The van der Waals surface area contributed by atoms with Gasteiger partial charge in [0.05, 0.1) is 29.0 Å². The normalized spacial score (nSPS) is 16.1. The van der Waals surface area contributed by atoms with E-state index in [1.807, 2.05) is 46.3 Å². The predicted octanol–water partition coefficient (Wildman–Crippen LogP) is 4.49. The number of fused-ring (bicyclic) bond motifs is 1. The molecule has 0 amide bonds. The number of thiazole rings is 1. The van der Waals surface area contributed by atoms with E-state index in [0.29, 0.717) is 24.6 Å². The van der Waals surface area contributed by atoms with Gasteiger partial charge < -0.3 is 15.2 Å². The van der Waals surface area contributed by atoms with Gasteiger partial charge in [-0.15, -0.1) is 11.3 Å². The monoisotopic (exact) mass is 590 g/mol. The van der Waals surface area contributed by atoms with Crippen molar-refractivity contribution in [2.45, 2.75) is 23.8 Å². The summed E-state index contributed by atoms with van der Waals surface area (Å²) in [7, 11) is -2.17. The van der Waals surface area contributed by atoms with Crippen LogP contribution in [0, 0.1) is 0 Å². The third-order valence-corrected chi connectivity index (χ3v) is 9.60. The fraction of sp³-hybridized carbons (Fsp3) is 0.214. The summed E-state index contributed by atoms with van der Waals surface area (Å²) in [4.78, 5) is 26.1. The highest BCUT2D eigenvalue weighted by molar-refractivity contribution is 7.89. The first-order chi connectivity index (χ1) is 19.8. The van der Waals surface area contributed by atoms with Gasteiger partial charge in [-0.25, -0.2) is 28.2 Å². The van der Waals surface area contributed by atoms with E-state index in [1.54, 1.807) is 13.3 Å². The Hall–Kier alpha value is -4.33. The number of hydrogen-bond acceptors (Lipinski definition) is 9. The van der Waals surface area contributed by atoms with Gasteiger partial charge in [-0.3, -0.25) is 4.40 Å². The van der Waals surface area contributed by atoms with Crippen molar-refractivity contribution in [2.75, 3.05) is 25.5 Å². The van der Waals surface area contributed by atoms with Crippen LogP contribution >= 0.6 is 11.3 Å². The summed E-state index contributed by atoms with van der Waals surface area (Å²) >= 11 is 1.53. The molecule has 1 aliphatic heterocycles. The van der Waals surface area contributed by atoms with Crippen LogP contribution in [-0.2, 0) is 10.0 Å². The number of carboxylic acids is 1. The average Bonchev–Trinajstić information content (AvgIpc) is 3.59. The number of hydrogen-bond donors (Lipinski definition) is 2. The largest absolute Gasteiger partial charge is 0.497 e. The number of methoxy groups -OCH3 is 1. The van der Waals surface area contributed by atoms with Gasteiger partial charge >= 0.3 is 5.97 Å². The van der Waals surface area contributed by atoms with Crippen LogP contribution in [0.15, 0.2) is 77.3 Å². The van der Waals surface area contributed by atoms with Crippen molar-refractivity contribution in [1.82, 2.24) is 23.7 Å². The zero-order chi connectivity index (χ0) is 28.6. The Morgan fingerprint density at radius 3 is 2.76 bits per heavy atom. The molecule has 5 aromatic rings. The molecule has 0 aliphatic carbocycles. The standard InChI is InChI=1S/C28H26N6O5S2/c1-39-21-6-2-4-19(16-21)24-25(34-14-15-40-28(34)32-24)23-11-12-29-27(31-23)30-20-5-3-13-33(17-20)41(37,38)22-9-7-18(8-10-22)26(35)36/h2,4,6-12,14-16,20H,3,5,13,17H2,1H3,(H,35,36)(H,29,30,31)/t20-/m1/s1. The molecule has 0 saturated carbocycles. The molecule has 0 spiro atoms. The first kappa shape index (κ1) is 26.9. The van der Waals surface area contributed by atoms with Crippen LogP contribution in [0.2, 0.25) is 0 Å². The summed E-state index contributed by atoms with van der Waals surface area (Å²) in [6.45, 7) is 0.602. The Morgan fingerprint density at radius 2 is 1.98 bits per heavy atom. The SMILES string of the molecule is COc1cccc(-c2nc3sccn3c2-c2ccnc(N[C@@H]3CCCN(S(=O)(=O)c4ccc(C(=O)O)cc4)C3)n2)c1. The molecule has 1 saturated heterocycles. The lowest BCUT2D eigenvalue weighted by molar-refractivity contribution is 0.0696. The van der Waals surface area contributed by atoms with Crippen LogP contribution in [0.1, 0.15) is 23.2 Å². The van der Waals surface area contributed by atoms with E-state index in [2.05, 4.69) is 10.3 Å². The Balaban J connectivity index is 1.26. The van der Waals surface area contributed by atoms with Crippen molar-refractivity contribution in [3.05, 3.63) is 77.9 Å². The first-order valence-corrected chi connectivity index (χ1v) is 15.2. The van der Waals surface area contributed by atoms with Crippen LogP contribution in [0.5, 0.6) is 5.75 Å². The summed E-state index contributed by atoms with van der Waals surface area (Å²) in [6, 6.07) is 14.6. The van der Waals surface area contributed by atoms with Crippen LogP contribution in [0.25, 0.3) is 27.6 Å². The Kier molecular flexibility index (Phi) is 7.15. The summed E-state index contributed by atoms with van der Waals surface area (Å²) in [6.07, 6.45) is 5.03. The van der Waals surface area contributed by atoms with E-state index in [0.717, 1.165) is 34.1 Å². The number of nitrogens with zero attached hydrogens (tertiary/aromatic N) is 5. The molecule has 4 heterocycles. The molecule has 41 heavy (non-hydrogen) atoms. The number of sulfonamides is 1. The van der Waals surface area contributed by atoms with Gasteiger partial charge in [-0.05, 0) is 55.3 Å². The summed E-state index contributed by atoms with van der Waals surface area (Å²) in [5.41, 5.74) is 3.19. The van der Waals surface area contributed by atoms with Crippen LogP contribution in [-0.4, -0.2) is 69.4 Å². The minimum atomic E-state index is -3.79. The van der Waals surface area contributed by atoms with Gasteiger partial charge in [0.15, 0.2) is 4.96 Å². The number of imidazole rings is 1. The maximum absolute atomic E-state index is 13.3. The van der Waals surface area contributed by atoms with Gasteiger partial charge in [0.1, 0.15) is 11.4 Å². The van der Waals surface area contributed by atoms with Crippen LogP contribution in [0.3, 0.4) is 0 Å². The smallest absolute Gasteiger partial charge is 0.335 e. The number of carbonyl (C=O) groups is 1. The highest BCUT2D eigenvalue weighted by atomic mass is 32.2. The minimum Gasteiger partial charge on any atom is -0.497 e. The van der Waals surface area contributed by atoms with Crippen molar-refractivity contribution in [3.63, 3.8) is 0 Å². The average molecular weight is 591 g/mol. The van der Waals surface area contributed by atoms with E-state index in [4.69, 9.17) is 19.8 Å². The van der Waals surface area contributed by atoms with Gasteiger partial charge in [0, 0.05) is 42.5 Å². The summed E-state index contributed by atoms with van der Waals surface area (Å²) in [5.74, 6) is 0.00787. The fourth-order valence-corrected chi connectivity index (χ4v) is 7.18. The molecule has 1 aliphatic rings. The lowest BCUT2D eigenvalue weighted by Gasteiger charge is -2.32. The second kappa shape index (κ2) is 10.9. The second-order valence-corrected chi connectivity index (χ2v) is 12.3. The number of anilines is 1. The number of carboxylic acid groups (broad SMARTS) is 1. The summed E-state index contributed by atoms with van der Waals surface area (Å²) in [5, 5.41) is 14.4. The Labute approximate surface area is 240 Å². The van der Waals surface area contributed by atoms with E-state index in [-0.39, 0.29) is 23.0 Å². The third kappa shape index (κ3) is 5.26. The molecule has 1 fully saturated rings. The molecule has 0 unspecified atom stereocenters. The quantitative estimate of drug-likeness (QED) is 0.268. The molecule has 0 bridgehead atoms. The number of aromatic carboxylic acids is 1. The predicted molar refractivity (Wildman–Crippen MR) is 155 cm³/mol. The van der Waals surface area contributed by atoms with E-state index in [1.165, 1.54) is 39.9 Å². The van der Waals surface area contributed by atoms with Gasteiger partial charge in [0.2, 0.25) is 16.0 Å². The Bertz CT molecular complexity index is 1830. The van der Waals surface area contributed by atoms with Crippen LogP contribution in [0.4, 0.5) is 5.95 Å². The summed E-state index contributed by atoms with van der Waals surface area (Å²) < 4.78 is 35.4. The maximum atomic E-state index is 13.3. The second-order valence-electron chi connectivity index (χ2n) is 9.54. The molecular formula is C28H26N6O5S2. The van der Waals surface area contributed by atoms with Crippen molar-refractivity contribution in [3.8, 4) is 28.4 Å². The molecular weight excluding hydrogens is 564 g/mol. The molecule has 3 aromatic heterocycles. The highest BCUT2D eigenvalue weighted by Crippen LogP contribution is 2.35. The number of piperidine rings is 1. The number of nitrogens with one attached hydrogen (secondary N) is 1. The maximum Gasteiger partial charge on any atom is 0.335 e. The number of benzene rings is 2. The molecule has 11 nitrogen and oxygen atoms in total. The number of ether oxygens (including phenoxy) is 1. The number of aromatic nitrogens is 4. The topological polar surface area (TPSA) is 139 Å². The van der Waals surface area contributed by atoms with Crippen molar-refractivity contribution in [1.29, 1.82) is 0 Å². The van der Waals surface area contributed by atoms with Crippen molar-refractivity contribution < 1.29 is 23.1 Å². The van der Waals surface area contributed by atoms with E-state index >= 15 is 0 Å². The molecule has 2 aromatic carbocycles. The highest BCUT2D eigenvalue weighted by Gasteiger charge is 2.31. The zero-order valence-corrected chi connectivity index (χ0v) is 23.6. The molecule has 2 N–H and O–H groups in total. The minimum absolute atomic E-state index is 0.0339. The fourth-order valence-electron chi connectivity index (χ4n) is 4.94. The van der Waals surface area contributed by atoms with Crippen molar-refractivity contribution in [2.24, 2.45) is 0 Å². The van der Waals surface area contributed by atoms with Gasteiger partial charge in [-0.2, -0.15) is 4.31 Å². The van der Waals surface area contributed by atoms with Gasteiger partial charge in [0.25, 0.3) is 0 Å². The molecule has 210 valence electrons. The lowest BCUT2D eigenvalue weighted by Crippen LogP contribution is -2.45. The Morgan fingerprint density at radius 1 is 1.15 bits per heavy atom. The number of rotatable bonds is 8. The molecule has 0 radical (unpaired) electrons. The third-order valence-electron chi connectivity index (χ3n) is 6.96. The van der Waals surface area contributed by atoms with Crippen molar-refractivity contribution >= 4 is 38.2 Å². The lowest BCUT2D eigenvalue weighted by atomic mass is 10.1. The van der Waals surface area contributed by atoms with Gasteiger partial charge in [-0.1, -0.05) is 12.1 Å². The molecule has 1 atom stereocenters. The zero-order valence-electron chi connectivity index (χ0n) is 22.0.